The molecule has 130 valence electrons. The Balaban J connectivity index is 1.58. The molecule has 0 aromatic heterocycles. The third-order valence-corrected chi connectivity index (χ3v) is 4.72. The van der Waals surface area contributed by atoms with Gasteiger partial charge in [0.25, 0.3) is 0 Å². The molecule has 1 aliphatic rings. The molecule has 2 aromatic carbocycles. The largest absolute Gasteiger partial charge is 0.435 e. The standard InChI is InChI=1S/C17H14F2N2O3S/c18-17(19)24-11-7-5-10(6-8-11)20-15(22)9-14-16(23)21-12-3-1-2-4-13(12)25-14/h1-8,14,17H,9H2,(H,20,22)(H,21,23)/t14-/m1/s1. The molecule has 8 heteroatoms. The van der Waals surface area contributed by atoms with Crippen LogP contribution in [0, 0.1) is 0 Å². The summed E-state index contributed by atoms with van der Waals surface area (Å²) >= 11 is 1.34. The summed E-state index contributed by atoms with van der Waals surface area (Å²) in [6.07, 6.45) is 0.000119. The van der Waals surface area contributed by atoms with Crippen LogP contribution in [0.1, 0.15) is 6.42 Å². The van der Waals surface area contributed by atoms with Crippen molar-refractivity contribution in [3.63, 3.8) is 0 Å². The molecular formula is C17H14F2N2O3S. The third-order valence-electron chi connectivity index (χ3n) is 3.44. The zero-order valence-corrected chi connectivity index (χ0v) is 13.7. The lowest BCUT2D eigenvalue weighted by atomic mass is 10.2. The minimum Gasteiger partial charge on any atom is -0.435 e. The van der Waals surface area contributed by atoms with Gasteiger partial charge in [-0.05, 0) is 36.4 Å². The molecule has 0 fully saturated rings. The maximum absolute atomic E-state index is 12.1. The summed E-state index contributed by atoms with van der Waals surface area (Å²) in [4.78, 5) is 25.1. The minimum atomic E-state index is -2.90. The Bertz CT molecular complexity index is 784. The van der Waals surface area contributed by atoms with Gasteiger partial charge in [0.15, 0.2) is 0 Å². The highest BCUT2D eigenvalue weighted by Gasteiger charge is 2.28. The van der Waals surface area contributed by atoms with Crippen molar-refractivity contribution in [1.29, 1.82) is 0 Å². The van der Waals surface area contributed by atoms with Crippen LogP contribution in [-0.4, -0.2) is 23.7 Å². The Morgan fingerprint density at radius 2 is 1.92 bits per heavy atom. The summed E-state index contributed by atoms with van der Waals surface area (Å²) < 4.78 is 28.4. The normalized spacial score (nSPS) is 16.1. The molecule has 0 aliphatic carbocycles. The van der Waals surface area contributed by atoms with Crippen molar-refractivity contribution in [3.05, 3.63) is 48.5 Å². The van der Waals surface area contributed by atoms with Crippen LogP contribution in [0.2, 0.25) is 0 Å². The van der Waals surface area contributed by atoms with E-state index in [9.17, 15) is 18.4 Å². The van der Waals surface area contributed by atoms with Crippen molar-refractivity contribution < 1.29 is 23.1 Å². The van der Waals surface area contributed by atoms with Gasteiger partial charge in [-0.1, -0.05) is 12.1 Å². The smallest absolute Gasteiger partial charge is 0.387 e. The van der Waals surface area contributed by atoms with Crippen molar-refractivity contribution in [3.8, 4) is 5.75 Å². The zero-order chi connectivity index (χ0) is 17.8. The Morgan fingerprint density at radius 1 is 1.20 bits per heavy atom. The number of rotatable bonds is 5. The van der Waals surface area contributed by atoms with E-state index in [0.29, 0.717) is 5.69 Å². The number of carbonyl (C=O) groups is 2. The highest BCUT2D eigenvalue weighted by Crippen LogP contribution is 2.36. The summed E-state index contributed by atoms with van der Waals surface area (Å²) in [6, 6.07) is 13.0. The van der Waals surface area contributed by atoms with E-state index in [4.69, 9.17) is 0 Å². The topological polar surface area (TPSA) is 67.4 Å². The predicted molar refractivity (Wildman–Crippen MR) is 91.0 cm³/mol. The van der Waals surface area contributed by atoms with Gasteiger partial charge in [-0.25, -0.2) is 0 Å². The molecule has 1 aliphatic heterocycles. The first kappa shape index (κ1) is 17.2. The van der Waals surface area contributed by atoms with E-state index < -0.39 is 11.9 Å². The molecule has 2 aromatic rings. The highest BCUT2D eigenvalue weighted by atomic mass is 32.2. The fraction of sp³-hybridized carbons (Fsp3) is 0.176. The first-order valence-corrected chi connectivity index (χ1v) is 8.30. The van der Waals surface area contributed by atoms with E-state index in [-0.39, 0.29) is 24.0 Å². The monoisotopic (exact) mass is 364 g/mol. The fourth-order valence-corrected chi connectivity index (χ4v) is 3.44. The predicted octanol–water partition coefficient (Wildman–Crippen LogP) is 3.73. The second-order valence-corrected chi connectivity index (χ2v) is 6.49. The fourth-order valence-electron chi connectivity index (χ4n) is 2.33. The van der Waals surface area contributed by atoms with Gasteiger partial charge in [0.2, 0.25) is 11.8 Å². The second-order valence-electron chi connectivity index (χ2n) is 5.25. The maximum Gasteiger partial charge on any atom is 0.387 e. The average molecular weight is 364 g/mol. The van der Waals surface area contributed by atoms with Crippen LogP contribution in [0.25, 0.3) is 0 Å². The Hall–Kier alpha value is -2.61. The first-order chi connectivity index (χ1) is 12.0. The Kier molecular flexibility index (Phi) is 5.18. The number of nitrogens with one attached hydrogen (secondary N) is 2. The van der Waals surface area contributed by atoms with Crippen LogP contribution in [0.4, 0.5) is 20.2 Å². The van der Waals surface area contributed by atoms with Gasteiger partial charge in [0, 0.05) is 17.0 Å². The molecule has 0 saturated heterocycles. The second kappa shape index (κ2) is 7.52. The van der Waals surface area contributed by atoms with Gasteiger partial charge >= 0.3 is 6.61 Å². The molecule has 0 radical (unpaired) electrons. The number of thioether (sulfide) groups is 1. The number of hydrogen-bond acceptors (Lipinski definition) is 4. The van der Waals surface area contributed by atoms with Gasteiger partial charge in [0.05, 0.1) is 10.9 Å². The third kappa shape index (κ3) is 4.48. The van der Waals surface area contributed by atoms with E-state index in [1.54, 1.807) is 6.07 Å². The van der Waals surface area contributed by atoms with E-state index in [2.05, 4.69) is 15.4 Å². The van der Waals surface area contributed by atoms with Gasteiger partial charge in [-0.3, -0.25) is 9.59 Å². The molecular weight excluding hydrogens is 350 g/mol. The van der Waals surface area contributed by atoms with E-state index in [0.717, 1.165) is 10.6 Å². The van der Waals surface area contributed by atoms with Gasteiger partial charge in [-0.2, -0.15) is 8.78 Å². The number of ether oxygens (including phenoxy) is 1. The van der Waals surface area contributed by atoms with E-state index >= 15 is 0 Å². The van der Waals surface area contributed by atoms with E-state index in [1.165, 1.54) is 36.0 Å². The quantitative estimate of drug-likeness (QED) is 0.848. The minimum absolute atomic E-state index is 0.000119. The van der Waals surface area contributed by atoms with Crippen molar-refractivity contribution in [1.82, 2.24) is 0 Å². The number of benzene rings is 2. The molecule has 5 nitrogen and oxygen atoms in total. The van der Waals surface area contributed by atoms with Crippen LogP contribution in [0.15, 0.2) is 53.4 Å². The lowest BCUT2D eigenvalue weighted by Crippen LogP contribution is -2.32. The summed E-state index contributed by atoms with van der Waals surface area (Å²) in [7, 11) is 0. The van der Waals surface area contributed by atoms with Crippen LogP contribution >= 0.6 is 11.8 Å². The summed E-state index contributed by atoms with van der Waals surface area (Å²) in [5, 5.41) is 4.89. The number of halogens is 2. The molecule has 1 atom stereocenters. The lowest BCUT2D eigenvalue weighted by Gasteiger charge is -2.23. The molecule has 2 amide bonds. The summed E-state index contributed by atoms with van der Waals surface area (Å²) in [6.45, 7) is -2.90. The maximum atomic E-state index is 12.1. The number of alkyl halides is 2. The average Bonchev–Trinajstić information content (AvgIpc) is 2.57. The number of fused-ring (bicyclic) bond motifs is 1. The van der Waals surface area contributed by atoms with Crippen LogP contribution in [-0.2, 0) is 9.59 Å². The number of carbonyl (C=O) groups excluding carboxylic acids is 2. The van der Waals surface area contributed by atoms with E-state index in [1.807, 2.05) is 18.2 Å². The number of para-hydroxylation sites is 1. The summed E-state index contributed by atoms with van der Waals surface area (Å²) in [5.41, 5.74) is 1.18. The molecule has 0 unspecified atom stereocenters. The number of anilines is 2. The van der Waals surface area contributed by atoms with Crippen LogP contribution in [0.5, 0.6) is 5.75 Å². The van der Waals surface area contributed by atoms with Gasteiger partial charge < -0.3 is 15.4 Å². The summed E-state index contributed by atoms with van der Waals surface area (Å²) in [5.74, 6) is -0.555. The number of amides is 2. The molecule has 25 heavy (non-hydrogen) atoms. The molecule has 0 saturated carbocycles. The SMILES string of the molecule is O=C(C[C@H]1Sc2ccccc2NC1=O)Nc1ccc(OC(F)F)cc1. The van der Waals surface area contributed by atoms with Crippen LogP contribution < -0.4 is 15.4 Å². The van der Waals surface area contributed by atoms with Crippen LogP contribution in [0.3, 0.4) is 0 Å². The van der Waals surface area contributed by atoms with Crippen molar-refractivity contribution >= 4 is 35.0 Å². The van der Waals surface area contributed by atoms with Crippen molar-refractivity contribution in [2.45, 2.75) is 23.2 Å². The van der Waals surface area contributed by atoms with Crippen molar-refractivity contribution in [2.75, 3.05) is 10.6 Å². The Morgan fingerprint density at radius 3 is 2.64 bits per heavy atom. The zero-order valence-electron chi connectivity index (χ0n) is 12.9. The molecule has 0 bridgehead atoms. The molecule has 3 rings (SSSR count). The molecule has 0 spiro atoms. The lowest BCUT2D eigenvalue weighted by molar-refractivity contribution is -0.120. The molecule has 2 N–H and O–H groups in total. The van der Waals surface area contributed by atoms with Gasteiger partial charge in [-0.15, -0.1) is 11.8 Å². The first-order valence-electron chi connectivity index (χ1n) is 7.42. The van der Waals surface area contributed by atoms with Gasteiger partial charge in [0.1, 0.15) is 5.75 Å². The number of hydrogen-bond donors (Lipinski definition) is 2. The van der Waals surface area contributed by atoms with Crippen molar-refractivity contribution in [2.24, 2.45) is 0 Å². The Labute approximate surface area is 146 Å². The molecule has 1 heterocycles. The highest BCUT2D eigenvalue weighted by molar-refractivity contribution is 8.01.